The van der Waals surface area contributed by atoms with Gasteiger partial charge in [-0.05, 0) is 54.8 Å². The fourth-order valence-electron chi connectivity index (χ4n) is 3.30. The molecule has 0 radical (unpaired) electrons. The summed E-state index contributed by atoms with van der Waals surface area (Å²) in [6.07, 6.45) is 3.95. The van der Waals surface area contributed by atoms with E-state index in [1.165, 1.54) is 16.7 Å². The summed E-state index contributed by atoms with van der Waals surface area (Å²) in [6, 6.07) is 11.8. The average molecular weight is 419 g/mol. The number of halogens is 1. The van der Waals surface area contributed by atoms with Gasteiger partial charge in [0.15, 0.2) is 0 Å². The molecular weight excluding hydrogens is 397 g/mol. The highest BCUT2D eigenvalue weighted by Crippen LogP contribution is 2.13. The van der Waals surface area contributed by atoms with E-state index < -0.39 is 0 Å². The smallest absolute Gasteiger partial charge is 0.300 e. The largest absolute Gasteiger partial charge is 0.352 e. The molecule has 2 heterocycles. The lowest BCUT2D eigenvalue weighted by molar-refractivity contribution is -0.121. The van der Waals surface area contributed by atoms with E-state index in [2.05, 4.69) is 15.5 Å². The lowest BCUT2D eigenvalue weighted by atomic mass is 10.1. The van der Waals surface area contributed by atoms with Gasteiger partial charge >= 0.3 is 5.56 Å². The van der Waals surface area contributed by atoms with E-state index >= 15 is 0 Å². The van der Waals surface area contributed by atoms with Crippen LogP contribution in [-0.2, 0) is 17.8 Å². The Balaban J connectivity index is 1.46. The number of aromatic nitrogens is 4. The van der Waals surface area contributed by atoms with Crippen LogP contribution in [0.25, 0.3) is 11.3 Å². The predicted octanol–water partition coefficient (Wildman–Crippen LogP) is 2.89. The van der Waals surface area contributed by atoms with Crippen molar-refractivity contribution in [3.8, 4) is 5.69 Å². The number of nitrogens with one attached hydrogen (secondary N) is 1. The van der Waals surface area contributed by atoms with Gasteiger partial charge in [0.1, 0.15) is 11.6 Å². The van der Waals surface area contributed by atoms with Crippen LogP contribution >= 0.6 is 0 Å². The van der Waals surface area contributed by atoms with Crippen molar-refractivity contribution in [2.75, 3.05) is 0 Å². The van der Waals surface area contributed by atoms with Gasteiger partial charge in [-0.3, -0.25) is 18.6 Å². The topological polar surface area (TPSA) is 81.3 Å². The molecule has 2 aromatic carbocycles. The third-order valence-corrected chi connectivity index (χ3v) is 5.29. The number of nitrogens with zero attached hydrogens (tertiary/aromatic N) is 4. The molecule has 158 valence electrons. The van der Waals surface area contributed by atoms with Gasteiger partial charge in [0.25, 0.3) is 0 Å². The van der Waals surface area contributed by atoms with E-state index in [9.17, 15) is 14.0 Å². The molecule has 0 aliphatic carbocycles. The van der Waals surface area contributed by atoms with Gasteiger partial charge in [0.05, 0.1) is 0 Å². The highest BCUT2D eigenvalue weighted by molar-refractivity contribution is 5.76. The minimum Gasteiger partial charge on any atom is -0.352 e. The Bertz CT molecular complexity index is 1310. The lowest BCUT2D eigenvalue weighted by Crippen LogP contribution is -2.23. The summed E-state index contributed by atoms with van der Waals surface area (Å²) in [5.74, 6) is 0.0613. The van der Waals surface area contributed by atoms with Crippen LogP contribution in [0.3, 0.4) is 0 Å². The normalized spacial score (nSPS) is 11.1. The molecule has 4 aromatic rings. The molecule has 2 aromatic heterocycles. The van der Waals surface area contributed by atoms with Crippen molar-refractivity contribution in [1.82, 2.24) is 24.5 Å². The van der Waals surface area contributed by atoms with Crippen LogP contribution in [0.1, 0.15) is 28.9 Å². The summed E-state index contributed by atoms with van der Waals surface area (Å²) in [7, 11) is 0. The number of rotatable bonds is 6. The Morgan fingerprint density at radius 2 is 1.81 bits per heavy atom. The second kappa shape index (κ2) is 8.51. The van der Waals surface area contributed by atoms with E-state index in [0.29, 0.717) is 18.8 Å². The standard InChI is InChI=1S/C23H22FN5O2/c1-15-3-8-19(13-16(15)2)28-11-12-29-20(26-27-22(29)23(28)31)9-10-21(30)25-14-17-4-6-18(24)7-5-17/h3-8,11-13H,9-10,14H2,1-2H3,(H,25,30). The summed E-state index contributed by atoms with van der Waals surface area (Å²) in [5.41, 5.74) is 3.76. The van der Waals surface area contributed by atoms with Gasteiger partial charge in [-0.2, -0.15) is 0 Å². The van der Waals surface area contributed by atoms with Crippen LogP contribution in [0.5, 0.6) is 0 Å². The predicted molar refractivity (Wildman–Crippen MR) is 115 cm³/mol. The van der Waals surface area contributed by atoms with Crippen molar-refractivity contribution >= 4 is 11.6 Å². The minimum absolute atomic E-state index is 0.162. The molecular formula is C23H22FN5O2. The van der Waals surface area contributed by atoms with Crippen LogP contribution in [-0.4, -0.2) is 25.1 Å². The Labute approximate surface area is 178 Å². The Morgan fingerprint density at radius 1 is 1.03 bits per heavy atom. The monoisotopic (exact) mass is 419 g/mol. The first-order chi connectivity index (χ1) is 14.9. The van der Waals surface area contributed by atoms with E-state index in [4.69, 9.17) is 0 Å². The molecule has 0 saturated heterocycles. The number of carbonyl (C=O) groups excluding carboxylic acids is 1. The first-order valence-corrected chi connectivity index (χ1v) is 9.96. The third kappa shape index (κ3) is 4.37. The zero-order valence-corrected chi connectivity index (χ0v) is 17.3. The van der Waals surface area contributed by atoms with Crippen LogP contribution in [0.15, 0.2) is 59.7 Å². The third-order valence-electron chi connectivity index (χ3n) is 5.29. The molecule has 0 aliphatic rings. The fourth-order valence-corrected chi connectivity index (χ4v) is 3.30. The molecule has 0 saturated carbocycles. The molecule has 1 N–H and O–H groups in total. The van der Waals surface area contributed by atoms with Gasteiger partial charge in [0.2, 0.25) is 11.6 Å². The molecule has 7 nitrogen and oxygen atoms in total. The highest BCUT2D eigenvalue weighted by Gasteiger charge is 2.13. The Kier molecular flexibility index (Phi) is 5.62. The van der Waals surface area contributed by atoms with E-state index in [-0.39, 0.29) is 29.4 Å². The van der Waals surface area contributed by atoms with Crippen molar-refractivity contribution in [1.29, 1.82) is 0 Å². The van der Waals surface area contributed by atoms with Crippen LogP contribution in [0.4, 0.5) is 4.39 Å². The SMILES string of the molecule is Cc1ccc(-n2ccn3c(CCC(=O)NCc4ccc(F)cc4)nnc3c2=O)cc1C. The molecule has 0 aliphatic heterocycles. The van der Waals surface area contributed by atoms with Crippen LogP contribution in [0, 0.1) is 19.7 Å². The molecule has 0 spiro atoms. The van der Waals surface area contributed by atoms with Gasteiger partial charge in [-0.1, -0.05) is 18.2 Å². The molecule has 0 unspecified atom stereocenters. The number of hydrogen-bond acceptors (Lipinski definition) is 4. The zero-order valence-electron chi connectivity index (χ0n) is 17.3. The Morgan fingerprint density at radius 3 is 2.55 bits per heavy atom. The average Bonchev–Trinajstić information content (AvgIpc) is 3.18. The number of carbonyl (C=O) groups is 1. The summed E-state index contributed by atoms with van der Waals surface area (Å²) in [5, 5.41) is 10.9. The van der Waals surface area contributed by atoms with Crippen molar-refractivity contribution in [3.05, 3.63) is 93.5 Å². The number of benzene rings is 2. The second-order valence-corrected chi connectivity index (χ2v) is 7.45. The van der Waals surface area contributed by atoms with Crippen molar-refractivity contribution in [2.24, 2.45) is 0 Å². The van der Waals surface area contributed by atoms with Crippen molar-refractivity contribution in [3.63, 3.8) is 0 Å². The molecule has 0 atom stereocenters. The maximum absolute atomic E-state index is 12.9. The quantitative estimate of drug-likeness (QED) is 0.521. The first kappa shape index (κ1) is 20.5. The maximum atomic E-state index is 12.9. The van der Waals surface area contributed by atoms with E-state index in [1.807, 2.05) is 32.0 Å². The van der Waals surface area contributed by atoms with Gasteiger partial charge in [-0.15, -0.1) is 10.2 Å². The molecule has 0 bridgehead atoms. The first-order valence-electron chi connectivity index (χ1n) is 9.96. The number of fused-ring (bicyclic) bond motifs is 1. The van der Waals surface area contributed by atoms with E-state index in [1.54, 1.807) is 28.9 Å². The summed E-state index contributed by atoms with van der Waals surface area (Å²) in [6.45, 7) is 4.34. The van der Waals surface area contributed by atoms with Gasteiger partial charge < -0.3 is 5.32 Å². The summed E-state index contributed by atoms with van der Waals surface area (Å²) < 4.78 is 16.1. The zero-order chi connectivity index (χ0) is 22.0. The fraction of sp³-hybridized carbons (Fsp3) is 0.217. The molecule has 1 amide bonds. The number of amides is 1. The maximum Gasteiger partial charge on any atom is 0.300 e. The molecule has 0 fully saturated rings. The van der Waals surface area contributed by atoms with Crippen LogP contribution in [0.2, 0.25) is 0 Å². The molecule has 8 heteroatoms. The number of aryl methyl sites for hydroxylation is 3. The van der Waals surface area contributed by atoms with Gasteiger partial charge in [0, 0.05) is 37.5 Å². The minimum atomic E-state index is -0.315. The Hall–Kier alpha value is -3.81. The summed E-state index contributed by atoms with van der Waals surface area (Å²) in [4.78, 5) is 25.1. The highest BCUT2D eigenvalue weighted by atomic mass is 19.1. The van der Waals surface area contributed by atoms with E-state index in [0.717, 1.165) is 22.4 Å². The van der Waals surface area contributed by atoms with Gasteiger partial charge in [-0.25, -0.2) is 4.39 Å². The number of hydrogen-bond donors (Lipinski definition) is 1. The lowest BCUT2D eigenvalue weighted by Gasteiger charge is -2.09. The molecule has 31 heavy (non-hydrogen) atoms. The second-order valence-electron chi connectivity index (χ2n) is 7.45. The van der Waals surface area contributed by atoms with Crippen molar-refractivity contribution < 1.29 is 9.18 Å². The molecule has 4 rings (SSSR count). The van der Waals surface area contributed by atoms with Crippen LogP contribution < -0.4 is 10.9 Å². The summed E-state index contributed by atoms with van der Waals surface area (Å²) >= 11 is 0. The van der Waals surface area contributed by atoms with Crippen molar-refractivity contribution in [2.45, 2.75) is 33.2 Å².